The van der Waals surface area contributed by atoms with Crippen LogP contribution in [-0.2, 0) is 6.54 Å². The number of aromatic nitrogens is 4. The number of hydrogen-bond donors (Lipinski definition) is 3. The van der Waals surface area contributed by atoms with Crippen LogP contribution in [-0.4, -0.2) is 48.8 Å². The van der Waals surface area contributed by atoms with Crippen molar-refractivity contribution in [2.75, 3.05) is 13.2 Å². The molecular formula is C26H27F2N5O3. The van der Waals surface area contributed by atoms with Gasteiger partial charge in [0.1, 0.15) is 0 Å². The monoisotopic (exact) mass is 495 g/mol. The van der Waals surface area contributed by atoms with E-state index in [0.29, 0.717) is 13.1 Å². The Bertz CT molecular complexity index is 1370. The molecule has 5 rings (SSSR count). The number of aliphatic hydroxyl groups is 1. The quantitative estimate of drug-likeness (QED) is 0.359. The van der Waals surface area contributed by atoms with Gasteiger partial charge < -0.3 is 15.5 Å². The standard InChI is InChI=1S/C26H27F2N5O3/c27-22-9-19(10-23(28)25(22)35)26(36)29-12-16-1-5-21(6-2-16)33-15-18-4-3-17(11-24(18)31-33)20-13-30-32(14-20)7-8-34/h3-4,9-11,13-16,21,34-35H,1-2,5-8,12H2,(H,29,36). The summed E-state index contributed by atoms with van der Waals surface area (Å²) in [5.74, 6) is -3.69. The minimum atomic E-state index is -1.16. The Morgan fingerprint density at radius 3 is 2.53 bits per heavy atom. The molecule has 0 radical (unpaired) electrons. The molecule has 1 fully saturated rings. The summed E-state index contributed by atoms with van der Waals surface area (Å²) >= 11 is 0. The Morgan fingerprint density at radius 2 is 1.81 bits per heavy atom. The van der Waals surface area contributed by atoms with E-state index in [-0.39, 0.29) is 24.1 Å². The molecule has 0 aliphatic heterocycles. The highest BCUT2D eigenvalue weighted by molar-refractivity contribution is 5.94. The number of rotatable bonds is 7. The van der Waals surface area contributed by atoms with Gasteiger partial charge in [0.15, 0.2) is 17.4 Å². The van der Waals surface area contributed by atoms with Gasteiger partial charge in [0.2, 0.25) is 0 Å². The summed E-state index contributed by atoms with van der Waals surface area (Å²) < 4.78 is 30.8. The molecule has 188 valence electrons. The molecule has 2 heterocycles. The number of carbonyl (C=O) groups excluding carboxylic acids is 1. The molecule has 0 unspecified atom stereocenters. The number of nitrogens with one attached hydrogen (secondary N) is 1. The first-order valence-electron chi connectivity index (χ1n) is 12.0. The Labute approximate surface area is 206 Å². The zero-order chi connectivity index (χ0) is 25.2. The molecular weight excluding hydrogens is 468 g/mol. The summed E-state index contributed by atoms with van der Waals surface area (Å²) in [6.45, 7) is 0.915. The molecule has 8 nitrogen and oxygen atoms in total. The number of phenolic OH excluding ortho intramolecular Hbond substituents is 1. The van der Waals surface area contributed by atoms with E-state index in [1.165, 1.54) is 0 Å². The number of nitrogens with zero attached hydrogens (tertiary/aromatic N) is 4. The van der Waals surface area contributed by atoms with Gasteiger partial charge in [-0.3, -0.25) is 14.2 Å². The van der Waals surface area contributed by atoms with Gasteiger partial charge in [0.25, 0.3) is 5.91 Å². The van der Waals surface area contributed by atoms with Gasteiger partial charge in [0, 0.05) is 35.5 Å². The normalized spacial score (nSPS) is 18.0. The Hall–Kier alpha value is -3.79. The van der Waals surface area contributed by atoms with E-state index in [9.17, 15) is 18.7 Å². The molecule has 0 atom stereocenters. The highest BCUT2D eigenvalue weighted by Gasteiger charge is 2.24. The van der Waals surface area contributed by atoms with E-state index in [0.717, 1.165) is 59.8 Å². The van der Waals surface area contributed by atoms with Crippen LogP contribution < -0.4 is 5.32 Å². The third-order valence-corrected chi connectivity index (χ3v) is 6.84. The summed E-state index contributed by atoms with van der Waals surface area (Å²) in [5, 5.41) is 31.2. The number of phenols is 1. The SMILES string of the molecule is O=C(NCC1CCC(n2cc3ccc(-c4cnn(CCO)c4)cc3n2)CC1)c1cc(F)c(O)c(F)c1. The topological polar surface area (TPSA) is 105 Å². The molecule has 1 amide bonds. The van der Waals surface area contributed by atoms with Gasteiger partial charge in [0.05, 0.1) is 30.9 Å². The number of carbonyl (C=O) groups is 1. The molecule has 1 aliphatic carbocycles. The van der Waals surface area contributed by atoms with Crippen molar-refractivity contribution in [1.29, 1.82) is 0 Å². The summed E-state index contributed by atoms with van der Waals surface area (Å²) in [4.78, 5) is 12.3. The van der Waals surface area contributed by atoms with Crippen molar-refractivity contribution in [3.8, 4) is 16.9 Å². The molecule has 0 saturated heterocycles. The first-order valence-corrected chi connectivity index (χ1v) is 12.0. The second-order valence-corrected chi connectivity index (χ2v) is 9.27. The van der Waals surface area contributed by atoms with Crippen molar-refractivity contribution in [1.82, 2.24) is 24.9 Å². The lowest BCUT2D eigenvalue weighted by Gasteiger charge is -2.28. The Morgan fingerprint density at radius 1 is 1.06 bits per heavy atom. The number of aliphatic hydroxyl groups excluding tert-OH is 1. The van der Waals surface area contributed by atoms with Gasteiger partial charge in [-0.05, 0) is 55.4 Å². The molecule has 36 heavy (non-hydrogen) atoms. The number of halogens is 2. The second kappa shape index (κ2) is 10.1. The number of amides is 1. The van der Waals surface area contributed by atoms with E-state index in [4.69, 9.17) is 10.2 Å². The molecule has 3 N–H and O–H groups in total. The van der Waals surface area contributed by atoms with Gasteiger partial charge in [-0.25, -0.2) is 8.78 Å². The van der Waals surface area contributed by atoms with Crippen LogP contribution in [0.5, 0.6) is 5.75 Å². The van der Waals surface area contributed by atoms with Gasteiger partial charge >= 0.3 is 0 Å². The fourth-order valence-electron chi connectivity index (χ4n) is 4.79. The van der Waals surface area contributed by atoms with Crippen molar-refractivity contribution in [3.05, 3.63) is 66.1 Å². The molecule has 1 saturated carbocycles. The zero-order valence-corrected chi connectivity index (χ0v) is 19.6. The Balaban J connectivity index is 1.18. The zero-order valence-electron chi connectivity index (χ0n) is 19.6. The van der Waals surface area contributed by atoms with Crippen LogP contribution in [0.3, 0.4) is 0 Å². The molecule has 10 heteroatoms. The number of fused-ring (bicyclic) bond motifs is 1. The predicted octanol–water partition coefficient (Wildman–Crippen LogP) is 4.04. The van der Waals surface area contributed by atoms with Crippen LogP contribution in [0.4, 0.5) is 8.78 Å². The highest BCUT2D eigenvalue weighted by Crippen LogP contribution is 2.33. The fourth-order valence-corrected chi connectivity index (χ4v) is 4.79. The molecule has 2 aromatic heterocycles. The summed E-state index contributed by atoms with van der Waals surface area (Å²) in [6.07, 6.45) is 9.37. The smallest absolute Gasteiger partial charge is 0.251 e. The van der Waals surface area contributed by atoms with Crippen LogP contribution in [0, 0.1) is 17.6 Å². The Kier molecular flexibility index (Phi) is 6.69. The molecule has 0 spiro atoms. The number of hydrogen-bond acceptors (Lipinski definition) is 5. The molecule has 0 bridgehead atoms. The minimum Gasteiger partial charge on any atom is -0.503 e. The lowest BCUT2D eigenvalue weighted by Crippen LogP contribution is -2.31. The van der Waals surface area contributed by atoms with Crippen molar-refractivity contribution >= 4 is 16.8 Å². The summed E-state index contributed by atoms with van der Waals surface area (Å²) in [6, 6.07) is 8.07. The predicted molar refractivity (Wildman–Crippen MR) is 129 cm³/mol. The van der Waals surface area contributed by atoms with Crippen LogP contribution in [0.2, 0.25) is 0 Å². The molecule has 2 aromatic carbocycles. The highest BCUT2D eigenvalue weighted by atomic mass is 19.1. The van der Waals surface area contributed by atoms with E-state index >= 15 is 0 Å². The minimum absolute atomic E-state index is 0.0392. The summed E-state index contributed by atoms with van der Waals surface area (Å²) in [5.41, 5.74) is 2.75. The fraction of sp³-hybridized carbons (Fsp3) is 0.346. The van der Waals surface area contributed by atoms with Crippen LogP contribution >= 0.6 is 0 Å². The number of aromatic hydroxyl groups is 1. The van der Waals surface area contributed by atoms with Crippen molar-refractivity contribution in [2.45, 2.75) is 38.3 Å². The van der Waals surface area contributed by atoms with E-state index in [2.05, 4.69) is 16.6 Å². The third kappa shape index (κ3) is 4.94. The maximum Gasteiger partial charge on any atom is 0.251 e. The molecule has 1 aliphatic rings. The van der Waals surface area contributed by atoms with E-state index < -0.39 is 23.3 Å². The van der Waals surface area contributed by atoms with Crippen LogP contribution in [0.25, 0.3) is 22.0 Å². The van der Waals surface area contributed by atoms with Crippen LogP contribution in [0.1, 0.15) is 42.1 Å². The third-order valence-electron chi connectivity index (χ3n) is 6.84. The first kappa shape index (κ1) is 23.9. The average Bonchev–Trinajstić information content (AvgIpc) is 3.53. The van der Waals surface area contributed by atoms with Gasteiger partial charge in [-0.15, -0.1) is 0 Å². The summed E-state index contributed by atoms with van der Waals surface area (Å²) in [7, 11) is 0. The van der Waals surface area contributed by atoms with Crippen molar-refractivity contribution in [3.63, 3.8) is 0 Å². The maximum atomic E-state index is 13.5. The molecule has 4 aromatic rings. The van der Waals surface area contributed by atoms with E-state index in [1.807, 2.05) is 29.1 Å². The lowest BCUT2D eigenvalue weighted by atomic mass is 9.86. The maximum absolute atomic E-state index is 13.5. The number of benzene rings is 2. The largest absolute Gasteiger partial charge is 0.503 e. The van der Waals surface area contributed by atoms with E-state index in [1.54, 1.807) is 10.9 Å². The van der Waals surface area contributed by atoms with Crippen molar-refractivity contribution < 1.29 is 23.8 Å². The average molecular weight is 496 g/mol. The lowest BCUT2D eigenvalue weighted by molar-refractivity contribution is 0.0940. The second-order valence-electron chi connectivity index (χ2n) is 9.27. The van der Waals surface area contributed by atoms with Gasteiger partial charge in [-0.1, -0.05) is 12.1 Å². The van der Waals surface area contributed by atoms with Crippen molar-refractivity contribution in [2.24, 2.45) is 5.92 Å². The first-order chi connectivity index (χ1) is 17.4. The van der Waals surface area contributed by atoms with Crippen LogP contribution in [0.15, 0.2) is 48.9 Å². The van der Waals surface area contributed by atoms with Gasteiger partial charge in [-0.2, -0.15) is 10.2 Å².